The molecule has 3 rings (SSSR count). The fourth-order valence-electron chi connectivity index (χ4n) is 3.08. The van der Waals surface area contributed by atoms with E-state index in [0.717, 1.165) is 44.2 Å². The van der Waals surface area contributed by atoms with E-state index in [1.54, 1.807) is 11.1 Å². The average Bonchev–Trinajstić information content (AvgIpc) is 3.22. The van der Waals surface area contributed by atoms with Gasteiger partial charge in [0.2, 0.25) is 6.41 Å². The smallest absolute Gasteiger partial charge is 0.416 e. The molecule has 1 saturated carbocycles. The molecule has 130 valence electrons. The number of carbonyl (C=O) groups excluding carboxylic acids is 2. The highest BCUT2D eigenvalue weighted by molar-refractivity contribution is 5.88. The van der Waals surface area contributed by atoms with Crippen LogP contribution in [0.25, 0.3) is 0 Å². The molecule has 2 aliphatic rings. The SMILES string of the molecule is CC(C)(C)OC(=O)N(c1ccc(C2CCCN2C=O)cn1)C1CC1. The van der Waals surface area contributed by atoms with Gasteiger partial charge in [-0.3, -0.25) is 9.69 Å². The van der Waals surface area contributed by atoms with Crippen LogP contribution in [0.1, 0.15) is 58.1 Å². The number of anilines is 1. The molecule has 0 aromatic carbocycles. The Balaban J connectivity index is 1.77. The predicted molar refractivity (Wildman–Crippen MR) is 90.7 cm³/mol. The first-order valence-corrected chi connectivity index (χ1v) is 8.58. The summed E-state index contributed by atoms with van der Waals surface area (Å²) >= 11 is 0. The van der Waals surface area contributed by atoms with Crippen LogP contribution in [-0.2, 0) is 9.53 Å². The topological polar surface area (TPSA) is 62.7 Å². The molecular weight excluding hydrogens is 306 g/mol. The number of aromatic nitrogens is 1. The second-order valence-corrected chi connectivity index (χ2v) is 7.53. The number of amides is 2. The van der Waals surface area contributed by atoms with Crippen LogP contribution in [-0.4, -0.2) is 40.6 Å². The zero-order valence-corrected chi connectivity index (χ0v) is 14.6. The minimum atomic E-state index is -0.529. The van der Waals surface area contributed by atoms with Crippen molar-refractivity contribution in [2.75, 3.05) is 11.4 Å². The van der Waals surface area contributed by atoms with Gasteiger partial charge in [-0.15, -0.1) is 0 Å². The molecule has 1 aromatic heterocycles. The monoisotopic (exact) mass is 331 g/mol. The Labute approximate surface area is 142 Å². The summed E-state index contributed by atoms with van der Waals surface area (Å²) in [5.74, 6) is 0.617. The van der Waals surface area contributed by atoms with E-state index in [-0.39, 0.29) is 18.2 Å². The van der Waals surface area contributed by atoms with E-state index in [9.17, 15) is 9.59 Å². The average molecular weight is 331 g/mol. The van der Waals surface area contributed by atoms with Gasteiger partial charge in [-0.2, -0.15) is 0 Å². The number of carbonyl (C=O) groups is 2. The second-order valence-electron chi connectivity index (χ2n) is 7.53. The highest BCUT2D eigenvalue weighted by atomic mass is 16.6. The number of hydrogen-bond acceptors (Lipinski definition) is 4. The van der Waals surface area contributed by atoms with Gasteiger partial charge in [0.15, 0.2) is 0 Å². The fourth-order valence-corrected chi connectivity index (χ4v) is 3.08. The summed E-state index contributed by atoms with van der Waals surface area (Å²) in [6.07, 6.45) is 6.26. The summed E-state index contributed by atoms with van der Waals surface area (Å²) < 4.78 is 5.51. The summed E-state index contributed by atoms with van der Waals surface area (Å²) in [6, 6.07) is 4.10. The molecule has 0 N–H and O–H groups in total. The molecule has 2 amide bonds. The molecule has 1 aliphatic heterocycles. The maximum absolute atomic E-state index is 12.5. The predicted octanol–water partition coefficient (Wildman–Crippen LogP) is 3.28. The van der Waals surface area contributed by atoms with Gasteiger partial charge < -0.3 is 9.64 Å². The maximum atomic E-state index is 12.5. The van der Waals surface area contributed by atoms with E-state index in [1.165, 1.54) is 0 Å². The van der Waals surface area contributed by atoms with Gasteiger partial charge in [0.25, 0.3) is 0 Å². The first-order chi connectivity index (χ1) is 11.4. The molecule has 1 aromatic rings. The van der Waals surface area contributed by atoms with Crippen molar-refractivity contribution in [3.8, 4) is 0 Å². The Morgan fingerprint density at radius 2 is 2.08 bits per heavy atom. The van der Waals surface area contributed by atoms with E-state index >= 15 is 0 Å². The van der Waals surface area contributed by atoms with E-state index in [4.69, 9.17) is 4.74 Å². The van der Waals surface area contributed by atoms with Gasteiger partial charge in [0.1, 0.15) is 11.4 Å². The molecule has 0 radical (unpaired) electrons. The number of hydrogen-bond donors (Lipinski definition) is 0. The number of nitrogens with zero attached hydrogens (tertiary/aromatic N) is 3. The molecule has 24 heavy (non-hydrogen) atoms. The van der Waals surface area contributed by atoms with Gasteiger partial charge in [-0.25, -0.2) is 9.78 Å². The number of rotatable bonds is 4. The quantitative estimate of drug-likeness (QED) is 0.794. The Bertz CT molecular complexity index is 605. The van der Waals surface area contributed by atoms with Gasteiger partial charge in [-0.05, 0) is 58.1 Å². The van der Waals surface area contributed by atoms with Crippen molar-refractivity contribution in [3.63, 3.8) is 0 Å². The van der Waals surface area contributed by atoms with Crippen LogP contribution in [0.4, 0.5) is 10.6 Å². The van der Waals surface area contributed by atoms with E-state index in [2.05, 4.69) is 4.98 Å². The fraction of sp³-hybridized carbons (Fsp3) is 0.611. The molecule has 1 unspecified atom stereocenters. The second kappa shape index (κ2) is 6.42. The third kappa shape index (κ3) is 3.68. The minimum Gasteiger partial charge on any atom is -0.443 e. The van der Waals surface area contributed by atoms with Gasteiger partial charge in [0.05, 0.1) is 6.04 Å². The van der Waals surface area contributed by atoms with Gasteiger partial charge >= 0.3 is 6.09 Å². The summed E-state index contributed by atoms with van der Waals surface area (Å²) in [5, 5.41) is 0. The van der Waals surface area contributed by atoms with Crippen LogP contribution >= 0.6 is 0 Å². The zero-order chi connectivity index (χ0) is 17.3. The van der Waals surface area contributed by atoms with Crippen molar-refractivity contribution in [2.24, 2.45) is 0 Å². The Morgan fingerprint density at radius 1 is 1.33 bits per heavy atom. The standard InChI is InChI=1S/C18H25N3O3/c1-18(2,3)24-17(23)21(14-7-8-14)16-9-6-13(11-19-16)15-5-4-10-20(15)12-22/h6,9,11-12,14-15H,4-5,7-8,10H2,1-3H3. The Kier molecular flexibility index (Phi) is 4.47. The molecule has 1 saturated heterocycles. The first kappa shape index (κ1) is 16.7. The Morgan fingerprint density at radius 3 is 2.62 bits per heavy atom. The largest absolute Gasteiger partial charge is 0.443 e. The molecular formula is C18H25N3O3. The zero-order valence-electron chi connectivity index (χ0n) is 14.6. The molecule has 0 spiro atoms. The normalized spacial score (nSPS) is 20.8. The van der Waals surface area contributed by atoms with Crippen LogP contribution in [0.15, 0.2) is 18.3 Å². The van der Waals surface area contributed by atoms with Crippen molar-refractivity contribution in [3.05, 3.63) is 23.9 Å². The molecule has 6 nitrogen and oxygen atoms in total. The lowest BCUT2D eigenvalue weighted by atomic mass is 10.1. The summed E-state index contributed by atoms with van der Waals surface area (Å²) in [4.78, 5) is 31.6. The van der Waals surface area contributed by atoms with E-state index in [1.807, 2.05) is 37.8 Å². The Hall–Kier alpha value is -2.11. The van der Waals surface area contributed by atoms with Crippen LogP contribution < -0.4 is 4.90 Å². The molecule has 0 bridgehead atoms. The first-order valence-electron chi connectivity index (χ1n) is 8.58. The third-order valence-corrected chi connectivity index (χ3v) is 4.33. The minimum absolute atomic E-state index is 0.0972. The van der Waals surface area contributed by atoms with Crippen molar-refractivity contribution < 1.29 is 14.3 Å². The molecule has 2 heterocycles. The van der Waals surface area contributed by atoms with Crippen molar-refractivity contribution in [1.29, 1.82) is 0 Å². The highest BCUT2D eigenvalue weighted by Gasteiger charge is 2.37. The van der Waals surface area contributed by atoms with E-state index in [0.29, 0.717) is 5.82 Å². The number of ether oxygens (including phenoxy) is 1. The lowest BCUT2D eigenvalue weighted by molar-refractivity contribution is -0.118. The molecule has 6 heteroatoms. The summed E-state index contributed by atoms with van der Waals surface area (Å²) in [6.45, 7) is 6.38. The lowest BCUT2D eigenvalue weighted by Gasteiger charge is -2.27. The van der Waals surface area contributed by atoms with Crippen molar-refractivity contribution in [2.45, 2.75) is 64.1 Å². The van der Waals surface area contributed by atoms with Crippen molar-refractivity contribution in [1.82, 2.24) is 9.88 Å². The molecule has 1 aliphatic carbocycles. The summed E-state index contributed by atoms with van der Waals surface area (Å²) in [7, 11) is 0. The van der Waals surface area contributed by atoms with Crippen LogP contribution in [0.5, 0.6) is 0 Å². The van der Waals surface area contributed by atoms with Crippen molar-refractivity contribution >= 4 is 18.3 Å². The van der Waals surface area contributed by atoms with E-state index < -0.39 is 5.60 Å². The lowest BCUT2D eigenvalue weighted by Crippen LogP contribution is -2.38. The van der Waals surface area contributed by atoms with Crippen LogP contribution in [0.3, 0.4) is 0 Å². The van der Waals surface area contributed by atoms with Gasteiger partial charge in [-0.1, -0.05) is 6.07 Å². The maximum Gasteiger partial charge on any atom is 0.416 e. The number of pyridine rings is 1. The third-order valence-electron chi connectivity index (χ3n) is 4.33. The van der Waals surface area contributed by atoms with Crippen LogP contribution in [0, 0.1) is 0 Å². The molecule has 1 atom stereocenters. The highest BCUT2D eigenvalue weighted by Crippen LogP contribution is 2.34. The molecule has 2 fully saturated rings. The summed E-state index contributed by atoms with van der Waals surface area (Å²) in [5.41, 5.74) is 0.488. The van der Waals surface area contributed by atoms with Crippen LogP contribution in [0.2, 0.25) is 0 Å². The van der Waals surface area contributed by atoms with Gasteiger partial charge in [0, 0.05) is 18.8 Å². The number of likely N-dealkylation sites (tertiary alicyclic amines) is 1.